The van der Waals surface area contributed by atoms with Crippen LogP contribution in [0.3, 0.4) is 0 Å². The zero-order chi connectivity index (χ0) is 23.7. The summed E-state index contributed by atoms with van der Waals surface area (Å²) < 4.78 is 26.5. The van der Waals surface area contributed by atoms with Gasteiger partial charge in [-0.15, -0.1) is 0 Å². The van der Waals surface area contributed by atoms with Crippen molar-refractivity contribution in [2.24, 2.45) is 0 Å². The molecule has 2 saturated carbocycles. The van der Waals surface area contributed by atoms with Crippen LogP contribution in [-0.2, 0) is 31.8 Å². The van der Waals surface area contributed by atoms with Crippen LogP contribution in [-0.4, -0.2) is 33.8 Å². The Kier molecular flexibility index (Phi) is 5.12. The second-order valence-electron chi connectivity index (χ2n) is 11.9. The zero-order valence-corrected chi connectivity index (χ0v) is 21.0. The van der Waals surface area contributed by atoms with Gasteiger partial charge in [-0.2, -0.15) is 0 Å². The lowest BCUT2D eigenvalue weighted by Gasteiger charge is -2.31. The Morgan fingerprint density at radius 1 is 0.556 bits per heavy atom. The van der Waals surface area contributed by atoms with E-state index >= 15 is 0 Å². The van der Waals surface area contributed by atoms with Crippen molar-refractivity contribution in [1.82, 2.24) is 9.97 Å². The number of pyridine rings is 2. The first kappa shape index (κ1) is 22.2. The van der Waals surface area contributed by atoms with Gasteiger partial charge in [-0.05, 0) is 74.6 Å². The van der Waals surface area contributed by atoms with Crippen LogP contribution in [0.2, 0.25) is 0 Å². The van der Waals surface area contributed by atoms with Crippen molar-refractivity contribution >= 4 is 0 Å². The van der Waals surface area contributed by atoms with Crippen molar-refractivity contribution in [3.05, 3.63) is 46.8 Å². The van der Waals surface area contributed by atoms with Gasteiger partial charge < -0.3 is 18.9 Å². The molecule has 190 valence electrons. The van der Waals surface area contributed by atoms with E-state index in [9.17, 15) is 0 Å². The quantitative estimate of drug-likeness (QED) is 0.471. The summed E-state index contributed by atoms with van der Waals surface area (Å²) in [4.78, 5) is 10.4. The van der Waals surface area contributed by atoms with Crippen LogP contribution >= 0.6 is 0 Å². The Bertz CT molecular complexity index is 1080. The number of ether oxygens (including phenoxy) is 4. The Balaban J connectivity index is 1.11. The third kappa shape index (κ3) is 3.52. The van der Waals surface area contributed by atoms with Gasteiger partial charge in [0.05, 0.1) is 35.0 Å². The summed E-state index contributed by atoms with van der Waals surface area (Å²) in [7, 11) is 0. The predicted octanol–water partition coefficient (Wildman–Crippen LogP) is 6.27. The first-order valence-electron chi connectivity index (χ1n) is 14.4. The molecule has 0 N–H and O–H groups in total. The van der Waals surface area contributed by atoms with Crippen LogP contribution in [0.25, 0.3) is 11.4 Å². The van der Waals surface area contributed by atoms with Gasteiger partial charge in [0.1, 0.15) is 12.2 Å². The second kappa shape index (κ2) is 8.32. The molecule has 0 bridgehead atoms. The van der Waals surface area contributed by atoms with E-state index in [1.54, 1.807) is 0 Å². The van der Waals surface area contributed by atoms with E-state index in [2.05, 4.69) is 24.3 Å². The minimum atomic E-state index is -0.388. The fourth-order valence-electron chi connectivity index (χ4n) is 7.69. The molecule has 8 rings (SSSR count). The second-order valence-corrected chi connectivity index (χ2v) is 11.9. The predicted molar refractivity (Wildman–Crippen MR) is 133 cm³/mol. The van der Waals surface area contributed by atoms with Gasteiger partial charge >= 0.3 is 0 Å². The van der Waals surface area contributed by atoms with E-state index < -0.39 is 0 Å². The average Bonchev–Trinajstić information content (AvgIpc) is 3.46. The minimum absolute atomic E-state index is 0.0634. The van der Waals surface area contributed by atoms with Crippen LogP contribution in [0, 0.1) is 0 Å². The monoisotopic (exact) mass is 488 g/mol. The highest BCUT2D eigenvalue weighted by atomic mass is 16.8. The number of nitrogens with zero attached hydrogens (tertiary/aromatic N) is 2. The highest BCUT2D eigenvalue weighted by Crippen LogP contribution is 2.51. The van der Waals surface area contributed by atoms with Crippen molar-refractivity contribution in [3.63, 3.8) is 0 Å². The molecule has 2 saturated heterocycles. The molecule has 6 nitrogen and oxygen atoms in total. The number of hydrogen-bond acceptors (Lipinski definition) is 6. The van der Waals surface area contributed by atoms with Crippen molar-refractivity contribution in [2.75, 3.05) is 0 Å². The molecule has 0 aromatic carbocycles. The summed E-state index contributed by atoms with van der Waals surface area (Å²) in [6, 6.07) is 8.74. The molecule has 4 aliphatic carbocycles. The molecule has 4 fully saturated rings. The van der Waals surface area contributed by atoms with Gasteiger partial charge in [0.15, 0.2) is 11.6 Å². The van der Waals surface area contributed by atoms with Gasteiger partial charge in [0, 0.05) is 25.7 Å². The molecule has 0 unspecified atom stereocenters. The van der Waals surface area contributed by atoms with Crippen LogP contribution in [0.1, 0.15) is 112 Å². The summed E-state index contributed by atoms with van der Waals surface area (Å²) >= 11 is 0. The molecular weight excluding hydrogens is 452 g/mol. The fourth-order valence-corrected chi connectivity index (χ4v) is 7.69. The SMILES string of the molecule is c1cc2c(nc1-c1ccc3c(n1)[C@@H]1OC4(CCCCC4)O[C@@H]1CC3)[C@@H]1OC3(CCCCC3)O[C@@H]1CC2. The van der Waals surface area contributed by atoms with Gasteiger partial charge in [-0.25, -0.2) is 9.97 Å². The lowest BCUT2D eigenvalue weighted by molar-refractivity contribution is -0.195. The molecular formula is C30H36N2O4. The van der Waals surface area contributed by atoms with Gasteiger partial charge in [0.2, 0.25) is 0 Å². The standard InChI is InChI=1S/C30H36N2O4/c1-3-15-29(16-4-1)33-23-13-9-19-7-11-21(31-25(19)27(23)35-29)22-12-8-20-10-14-24-28(26(20)32-22)36-30(34-24)17-5-2-6-18-30/h7-8,11-12,23-24,27-28H,1-6,9-10,13-18H2/t23-,24-,27-,28-/m1/s1. The number of rotatable bonds is 1. The summed E-state index contributed by atoms with van der Waals surface area (Å²) in [5.41, 5.74) is 6.54. The third-order valence-corrected chi connectivity index (χ3v) is 9.54. The maximum atomic E-state index is 6.68. The van der Waals surface area contributed by atoms with E-state index in [-0.39, 0.29) is 36.0 Å². The van der Waals surface area contributed by atoms with E-state index in [0.29, 0.717) is 0 Å². The molecule has 4 heterocycles. The maximum Gasteiger partial charge on any atom is 0.169 e. The molecule has 0 radical (unpaired) electrons. The smallest absolute Gasteiger partial charge is 0.169 e. The number of aryl methyl sites for hydroxylation is 2. The lowest BCUT2D eigenvalue weighted by Crippen LogP contribution is -2.33. The Morgan fingerprint density at radius 3 is 1.44 bits per heavy atom. The molecule has 2 aliphatic heterocycles. The van der Waals surface area contributed by atoms with E-state index in [1.165, 1.54) is 49.7 Å². The molecule has 2 aromatic rings. The fraction of sp³-hybridized carbons (Fsp3) is 0.667. The first-order valence-corrected chi connectivity index (χ1v) is 14.4. The summed E-state index contributed by atoms with van der Waals surface area (Å²) in [6.07, 6.45) is 15.5. The van der Waals surface area contributed by atoms with Crippen LogP contribution in [0.5, 0.6) is 0 Å². The van der Waals surface area contributed by atoms with E-state index in [1.807, 2.05) is 0 Å². The van der Waals surface area contributed by atoms with Crippen LogP contribution < -0.4 is 0 Å². The zero-order valence-electron chi connectivity index (χ0n) is 21.0. The lowest BCUT2D eigenvalue weighted by atomic mass is 9.90. The Morgan fingerprint density at radius 2 is 1.00 bits per heavy atom. The molecule has 6 aliphatic rings. The Hall–Kier alpha value is -1.86. The van der Waals surface area contributed by atoms with Crippen LogP contribution in [0.4, 0.5) is 0 Å². The number of hydrogen-bond donors (Lipinski definition) is 0. The maximum absolute atomic E-state index is 6.68. The van der Waals surface area contributed by atoms with E-state index in [4.69, 9.17) is 28.9 Å². The van der Waals surface area contributed by atoms with Crippen molar-refractivity contribution in [1.29, 1.82) is 0 Å². The summed E-state index contributed by atoms with van der Waals surface area (Å²) in [5.74, 6) is -0.776. The van der Waals surface area contributed by atoms with Gasteiger partial charge in [-0.1, -0.05) is 25.0 Å². The molecule has 6 heteroatoms. The topological polar surface area (TPSA) is 62.7 Å². The van der Waals surface area contributed by atoms with Crippen LogP contribution in [0.15, 0.2) is 24.3 Å². The van der Waals surface area contributed by atoms with Crippen molar-refractivity contribution < 1.29 is 18.9 Å². The molecule has 0 amide bonds. The first-order chi connectivity index (χ1) is 17.7. The highest BCUT2D eigenvalue weighted by Gasteiger charge is 2.52. The number of aromatic nitrogens is 2. The molecule has 4 atom stereocenters. The minimum Gasteiger partial charge on any atom is -0.344 e. The average molecular weight is 489 g/mol. The third-order valence-electron chi connectivity index (χ3n) is 9.54. The van der Waals surface area contributed by atoms with Gasteiger partial charge in [-0.3, -0.25) is 0 Å². The van der Waals surface area contributed by atoms with Crippen molar-refractivity contribution in [2.45, 2.75) is 126 Å². The van der Waals surface area contributed by atoms with E-state index in [0.717, 1.165) is 74.1 Å². The number of fused-ring (bicyclic) bond motifs is 6. The largest absolute Gasteiger partial charge is 0.344 e. The molecule has 2 aromatic heterocycles. The normalized spacial score (nSPS) is 33.7. The summed E-state index contributed by atoms with van der Waals surface area (Å²) in [5, 5.41) is 0. The molecule has 2 spiro atoms. The Labute approximate surface area is 213 Å². The highest BCUT2D eigenvalue weighted by molar-refractivity contribution is 5.57. The van der Waals surface area contributed by atoms with Crippen molar-refractivity contribution in [3.8, 4) is 11.4 Å². The van der Waals surface area contributed by atoms with Gasteiger partial charge in [0.25, 0.3) is 0 Å². The molecule has 36 heavy (non-hydrogen) atoms. The summed E-state index contributed by atoms with van der Waals surface area (Å²) in [6.45, 7) is 0.